The predicted octanol–water partition coefficient (Wildman–Crippen LogP) is 2.24. The Kier molecular flexibility index (Phi) is 3.76. The van der Waals surface area contributed by atoms with Crippen LogP contribution in [0.15, 0.2) is 24.3 Å². The summed E-state index contributed by atoms with van der Waals surface area (Å²) < 4.78 is 0. The maximum atomic E-state index is 12.2. The number of nitrogens with zero attached hydrogens (tertiary/aromatic N) is 1. The van der Waals surface area contributed by atoms with E-state index in [9.17, 15) is 9.59 Å². The number of benzene rings is 1. The number of carbonyl (C=O) groups is 2. The average molecular weight is 307 g/mol. The number of hydrogen-bond acceptors (Lipinski definition) is 3. The molecule has 5 heteroatoms. The number of piperidine rings is 1. The molecule has 4 nitrogen and oxygen atoms in total. The molecule has 1 saturated heterocycles. The minimum Gasteiger partial charge on any atom is -0.320 e. The Labute approximate surface area is 129 Å². The predicted molar refractivity (Wildman–Crippen MR) is 80.9 cm³/mol. The van der Waals surface area contributed by atoms with Gasteiger partial charge in [-0.25, -0.2) is 0 Å². The van der Waals surface area contributed by atoms with Gasteiger partial charge >= 0.3 is 0 Å². The van der Waals surface area contributed by atoms with E-state index in [1.54, 1.807) is 0 Å². The van der Waals surface area contributed by atoms with Crippen molar-refractivity contribution in [3.05, 3.63) is 34.9 Å². The van der Waals surface area contributed by atoms with Crippen molar-refractivity contribution in [1.29, 1.82) is 0 Å². The molecule has 1 heterocycles. The van der Waals surface area contributed by atoms with Crippen molar-refractivity contribution >= 4 is 23.4 Å². The first-order chi connectivity index (χ1) is 10.0. The van der Waals surface area contributed by atoms with Gasteiger partial charge in [-0.1, -0.05) is 30.2 Å². The summed E-state index contributed by atoms with van der Waals surface area (Å²) in [5.41, 5.74) is 6.84. The molecule has 0 aromatic heterocycles. The second-order valence-electron chi connectivity index (χ2n) is 6.10. The molecule has 1 aliphatic carbocycles. The number of imide groups is 1. The summed E-state index contributed by atoms with van der Waals surface area (Å²) in [7, 11) is 0. The largest absolute Gasteiger partial charge is 0.320 e. The van der Waals surface area contributed by atoms with Gasteiger partial charge in [-0.05, 0) is 37.0 Å². The molecule has 1 atom stereocenters. The van der Waals surface area contributed by atoms with Crippen LogP contribution in [0.1, 0.15) is 37.7 Å². The van der Waals surface area contributed by atoms with Gasteiger partial charge in [0.15, 0.2) is 0 Å². The van der Waals surface area contributed by atoms with E-state index < -0.39 is 6.04 Å². The third-order valence-electron chi connectivity index (χ3n) is 4.78. The van der Waals surface area contributed by atoms with Gasteiger partial charge in [0, 0.05) is 23.4 Å². The third kappa shape index (κ3) is 2.58. The second kappa shape index (κ2) is 5.43. The highest BCUT2D eigenvalue weighted by molar-refractivity contribution is 6.30. The zero-order chi connectivity index (χ0) is 15.0. The lowest BCUT2D eigenvalue weighted by atomic mass is 9.64. The lowest BCUT2D eigenvalue weighted by Crippen LogP contribution is -2.56. The number of amides is 2. The summed E-state index contributed by atoms with van der Waals surface area (Å²) in [4.78, 5) is 25.7. The maximum Gasteiger partial charge on any atom is 0.246 e. The van der Waals surface area contributed by atoms with Crippen LogP contribution in [0, 0.1) is 0 Å². The van der Waals surface area contributed by atoms with E-state index in [2.05, 4.69) is 0 Å². The molecule has 112 valence electrons. The molecule has 0 unspecified atom stereocenters. The smallest absolute Gasteiger partial charge is 0.246 e. The van der Waals surface area contributed by atoms with E-state index in [1.165, 1.54) is 4.90 Å². The summed E-state index contributed by atoms with van der Waals surface area (Å²) in [6, 6.07) is 7.19. The van der Waals surface area contributed by atoms with Crippen molar-refractivity contribution in [1.82, 2.24) is 4.90 Å². The molecule has 1 aromatic rings. The van der Waals surface area contributed by atoms with E-state index in [4.69, 9.17) is 17.3 Å². The summed E-state index contributed by atoms with van der Waals surface area (Å²) in [5.74, 6) is -0.326. The van der Waals surface area contributed by atoms with Crippen LogP contribution in [-0.2, 0) is 15.0 Å². The molecule has 0 bridgehead atoms. The quantitative estimate of drug-likeness (QED) is 0.871. The minimum absolute atomic E-state index is 0.0954. The summed E-state index contributed by atoms with van der Waals surface area (Å²) >= 11 is 5.95. The zero-order valence-corrected chi connectivity index (χ0v) is 12.6. The Morgan fingerprint density at radius 1 is 1.24 bits per heavy atom. The van der Waals surface area contributed by atoms with Crippen LogP contribution in [0.3, 0.4) is 0 Å². The van der Waals surface area contributed by atoms with Gasteiger partial charge in [-0.15, -0.1) is 0 Å². The SMILES string of the molecule is N[C@@H]1CCC(=O)N(CC2(c3ccc(Cl)cc3)CCC2)C1=O. The van der Waals surface area contributed by atoms with Gasteiger partial charge in [0.25, 0.3) is 0 Å². The molecule has 1 aromatic carbocycles. The Bertz CT molecular complexity index is 566. The number of nitrogens with two attached hydrogens (primary N) is 1. The van der Waals surface area contributed by atoms with Gasteiger partial charge in [-0.3, -0.25) is 14.5 Å². The third-order valence-corrected chi connectivity index (χ3v) is 5.03. The molecular formula is C16H19ClN2O2. The van der Waals surface area contributed by atoms with Crippen LogP contribution in [0.4, 0.5) is 0 Å². The van der Waals surface area contributed by atoms with Crippen molar-refractivity contribution in [2.75, 3.05) is 6.54 Å². The van der Waals surface area contributed by atoms with Gasteiger partial charge in [-0.2, -0.15) is 0 Å². The molecule has 0 spiro atoms. The molecule has 1 aliphatic heterocycles. The summed E-state index contributed by atoms with van der Waals surface area (Å²) in [6.45, 7) is 0.444. The van der Waals surface area contributed by atoms with Crippen LogP contribution >= 0.6 is 11.6 Å². The van der Waals surface area contributed by atoms with E-state index in [-0.39, 0.29) is 17.2 Å². The van der Waals surface area contributed by atoms with Crippen LogP contribution < -0.4 is 5.73 Å². The van der Waals surface area contributed by atoms with Crippen molar-refractivity contribution in [2.24, 2.45) is 5.73 Å². The molecule has 3 rings (SSSR count). The first-order valence-electron chi connectivity index (χ1n) is 7.38. The van der Waals surface area contributed by atoms with Crippen LogP contribution in [0.25, 0.3) is 0 Å². The van der Waals surface area contributed by atoms with Crippen molar-refractivity contribution in [3.8, 4) is 0 Å². The molecule has 2 N–H and O–H groups in total. The lowest BCUT2D eigenvalue weighted by Gasteiger charge is -2.46. The molecule has 21 heavy (non-hydrogen) atoms. The van der Waals surface area contributed by atoms with Crippen LogP contribution in [0.2, 0.25) is 5.02 Å². The number of hydrogen-bond donors (Lipinski definition) is 1. The van der Waals surface area contributed by atoms with Crippen molar-refractivity contribution < 1.29 is 9.59 Å². The van der Waals surface area contributed by atoms with Gasteiger partial charge in [0.1, 0.15) is 0 Å². The van der Waals surface area contributed by atoms with E-state index in [1.807, 2.05) is 24.3 Å². The standard InChI is InChI=1S/C16H19ClN2O2/c17-12-4-2-11(3-5-12)16(8-1-9-16)10-19-14(20)7-6-13(18)15(19)21/h2-5,13H,1,6-10,18H2/t13-/m1/s1. The average Bonchev–Trinajstić information content (AvgIpc) is 2.43. The van der Waals surface area contributed by atoms with Gasteiger partial charge in [0.2, 0.25) is 11.8 Å². The summed E-state index contributed by atoms with van der Waals surface area (Å²) in [5, 5.41) is 0.695. The Hall–Kier alpha value is -1.39. The fraction of sp³-hybridized carbons (Fsp3) is 0.500. The van der Waals surface area contributed by atoms with Crippen molar-refractivity contribution in [2.45, 2.75) is 43.6 Å². The fourth-order valence-corrected chi connectivity index (χ4v) is 3.40. The number of carbonyl (C=O) groups excluding carboxylic acids is 2. The molecule has 0 radical (unpaired) electrons. The number of halogens is 1. The minimum atomic E-state index is -0.537. The molecule has 2 aliphatic rings. The number of likely N-dealkylation sites (tertiary alicyclic amines) is 1. The van der Waals surface area contributed by atoms with Gasteiger partial charge in [0.05, 0.1) is 6.04 Å². The molecular weight excluding hydrogens is 288 g/mol. The van der Waals surface area contributed by atoms with Crippen LogP contribution in [-0.4, -0.2) is 29.3 Å². The number of rotatable bonds is 3. The van der Waals surface area contributed by atoms with Crippen LogP contribution in [0.5, 0.6) is 0 Å². The fourth-order valence-electron chi connectivity index (χ4n) is 3.27. The Morgan fingerprint density at radius 3 is 2.48 bits per heavy atom. The highest BCUT2D eigenvalue weighted by Crippen LogP contribution is 2.45. The first kappa shape index (κ1) is 14.5. The molecule has 2 fully saturated rings. The van der Waals surface area contributed by atoms with E-state index in [0.29, 0.717) is 24.4 Å². The van der Waals surface area contributed by atoms with Crippen molar-refractivity contribution in [3.63, 3.8) is 0 Å². The Balaban J connectivity index is 1.85. The normalized spacial score (nSPS) is 24.9. The monoisotopic (exact) mass is 306 g/mol. The highest BCUT2D eigenvalue weighted by atomic mass is 35.5. The topological polar surface area (TPSA) is 63.4 Å². The molecule has 1 saturated carbocycles. The lowest BCUT2D eigenvalue weighted by molar-refractivity contribution is -0.151. The summed E-state index contributed by atoms with van der Waals surface area (Å²) in [6.07, 6.45) is 3.92. The van der Waals surface area contributed by atoms with E-state index in [0.717, 1.165) is 24.8 Å². The molecule has 2 amide bonds. The first-order valence-corrected chi connectivity index (χ1v) is 7.75. The zero-order valence-electron chi connectivity index (χ0n) is 11.8. The van der Waals surface area contributed by atoms with Gasteiger partial charge < -0.3 is 5.73 Å². The second-order valence-corrected chi connectivity index (χ2v) is 6.54. The Morgan fingerprint density at radius 2 is 1.90 bits per heavy atom. The maximum absolute atomic E-state index is 12.2. The highest BCUT2D eigenvalue weighted by Gasteiger charge is 2.44. The van der Waals surface area contributed by atoms with E-state index >= 15 is 0 Å².